The first kappa shape index (κ1) is 21.1. The van der Waals surface area contributed by atoms with Gasteiger partial charge in [-0.05, 0) is 18.6 Å². The van der Waals surface area contributed by atoms with E-state index in [0.29, 0.717) is 24.6 Å². The second kappa shape index (κ2) is 8.65. The summed E-state index contributed by atoms with van der Waals surface area (Å²) in [6, 6.07) is 6.21. The van der Waals surface area contributed by atoms with Crippen molar-refractivity contribution in [3.63, 3.8) is 0 Å². The van der Waals surface area contributed by atoms with Gasteiger partial charge in [0.2, 0.25) is 0 Å². The maximum absolute atomic E-state index is 5.87. The third-order valence-electron chi connectivity index (χ3n) is 5.56. The number of hydrogen-bond acceptors (Lipinski definition) is 4. The van der Waals surface area contributed by atoms with Gasteiger partial charge in [-0.2, -0.15) is 0 Å². The van der Waals surface area contributed by atoms with Gasteiger partial charge < -0.3 is 24.8 Å². The highest BCUT2D eigenvalue weighted by atomic mass is 127. The van der Waals surface area contributed by atoms with Gasteiger partial charge in [0.05, 0.1) is 20.3 Å². The van der Waals surface area contributed by atoms with E-state index in [0.717, 1.165) is 36.0 Å². The fraction of sp³-hybridized carbons (Fsp3) is 0.632. The second-order valence-corrected chi connectivity index (χ2v) is 7.29. The van der Waals surface area contributed by atoms with E-state index in [1.165, 1.54) is 0 Å². The fourth-order valence-corrected chi connectivity index (χ4v) is 4.14. The molecule has 0 radical (unpaired) electrons. The van der Waals surface area contributed by atoms with Crippen molar-refractivity contribution in [3.05, 3.63) is 23.8 Å². The Balaban J connectivity index is 0.00000243. The molecular weight excluding hydrogens is 445 g/mol. The van der Waals surface area contributed by atoms with Gasteiger partial charge in [-0.1, -0.05) is 13.8 Å². The molecule has 2 N–H and O–H groups in total. The summed E-state index contributed by atoms with van der Waals surface area (Å²) in [5, 5.41) is 6.98. The Labute approximate surface area is 173 Å². The zero-order valence-corrected chi connectivity index (χ0v) is 18.5. The van der Waals surface area contributed by atoms with Gasteiger partial charge in [0.25, 0.3) is 0 Å². The monoisotopic (exact) mass is 475 g/mol. The summed E-state index contributed by atoms with van der Waals surface area (Å²) in [5.41, 5.74) is 1.18. The lowest BCUT2D eigenvalue weighted by Gasteiger charge is -2.54. The van der Waals surface area contributed by atoms with Gasteiger partial charge in [0.15, 0.2) is 5.96 Å². The molecule has 1 aliphatic heterocycles. The van der Waals surface area contributed by atoms with Crippen molar-refractivity contribution >= 4 is 29.9 Å². The molecule has 1 heterocycles. The minimum Gasteiger partial charge on any atom is -0.497 e. The zero-order valence-electron chi connectivity index (χ0n) is 16.2. The van der Waals surface area contributed by atoms with Crippen LogP contribution in [0.4, 0.5) is 0 Å². The molecule has 2 fully saturated rings. The van der Waals surface area contributed by atoms with Crippen molar-refractivity contribution in [2.75, 3.05) is 27.9 Å². The lowest BCUT2D eigenvalue weighted by Crippen LogP contribution is -2.67. The van der Waals surface area contributed by atoms with Gasteiger partial charge in [-0.25, -0.2) is 0 Å². The van der Waals surface area contributed by atoms with Crippen molar-refractivity contribution in [2.24, 2.45) is 16.3 Å². The third-order valence-corrected chi connectivity index (χ3v) is 5.56. The van der Waals surface area contributed by atoms with Gasteiger partial charge in [-0.3, -0.25) is 4.99 Å². The molecule has 1 aromatic carbocycles. The van der Waals surface area contributed by atoms with Crippen LogP contribution >= 0.6 is 24.0 Å². The highest BCUT2D eigenvalue weighted by Gasteiger charge is 2.59. The van der Waals surface area contributed by atoms with Crippen LogP contribution in [-0.2, 0) is 11.3 Å². The number of nitrogens with zero attached hydrogens (tertiary/aromatic N) is 1. The molecule has 3 unspecified atom stereocenters. The Hall–Kier alpha value is -1.22. The predicted molar refractivity (Wildman–Crippen MR) is 114 cm³/mol. The largest absolute Gasteiger partial charge is 0.497 e. The SMILES string of the molecule is CN=C(NCc1ccc(OC)cc1OC)NC1C2CCOC2C1(C)C.I. The molecule has 1 saturated carbocycles. The van der Waals surface area contributed by atoms with Crippen molar-refractivity contribution in [1.29, 1.82) is 0 Å². The zero-order chi connectivity index (χ0) is 18.0. The molecule has 3 atom stereocenters. The Kier molecular flexibility index (Phi) is 7.01. The molecule has 0 bridgehead atoms. The molecule has 26 heavy (non-hydrogen) atoms. The number of aliphatic imine (C=N–C) groups is 1. The topological polar surface area (TPSA) is 64.1 Å². The van der Waals surface area contributed by atoms with E-state index in [-0.39, 0.29) is 29.4 Å². The number of hydrogen-bond donors (Lipinski definition) is 2. The number of guanidine groups is 1. The number of ether oxygens (including phenoxy) is 3. The summed E-state index contributed by atoms with van der Waals surface area (Å²) < 4.78 is 16.6. The van der Waals surface area contributed by atoms with Crippen LogP contribution in [0.5, 0.6) is 11.5 Å². The Bertz CT molecular complexity index is 651. The minimum atomic E-state index is 0. The maximum atomic E-state index is 5.87. The first-order valence-corrected chi connectivity index (χ1v) is 8.81. The van der Waals surface area contributed by atoms with Crippen LogP contribution in [0, 0.1) is 11.3 Å². The summed E-state index contributed by atoms with van der Waals surface area (Å²) in [6.45, 7) is 6.02. The number of methoxy groups -OCH3 is 2. The highest BCUT2D eigenvalue weighted by Crippen LogP contribution is 2.52. The number of halogens is 1. The van der Waals surface area contributed by atoms with Crippen molar-refractivity contribution in [3.8, 4) is 11.5 Å². The number of nitrogens with one attached hydrogen (secondary N) is 2. The van der Waals surface area contributed by atoms with Crippen LogP contribution in [0.15, 0.2) is 23.2 Å². The molecule has 0 spiro atoms. The fourth-order valence-electron chi connectivity index (χ4n) is 4.14. The van der Waals surface area contributed by atoms with E-state index in [4.69, 9.17) is 14.2 Å². The lowest BCUT2D eigenvalue weighted by molar-refractivity contribution is -0.106. The molecule has 2 aliphatic rings. The Morgan fingerprint density at radius 3 is 2.73 bits per heavy atom. The molecule has 7 heteroatoms. The molecule has 0 aromatic heterocycles. The van der Waals surface area contributed by atoms with E-state index in [9.17, 15) is 0 Å². The molecule has 1 aromatic rings. The molecule has 0 amide bonds. The van der Waals surface area contributed by atoms with Gasteiger partial charge in [0, 0.05) is 49.2 Å². The summed E-state index contributed by atoms with van der Waals surface area (Å²) in [7, 11) is 5.12. The normalized spacial score (nSPS) is 26.2. The van der Waals surface area contributed by atoms with Gasteiger partial charge >= 0.3 is 0 Å². The van der Waals surface area contributed by atoms with Crippen molar-refractivity contribution < 1.29 is 14.2 Å². The number of fused-ring (bicyclic) bond motifs is 1. The van der Waals surface area contributed by atoms with Crippen LogP contribution < -0.4 is 20.1 Å². The average Bonchev–Trinajstić information content (AvgIpc) is 3.08. The smallest absolute Gasteiger partial charge is 0.191 e. The van der Waals surface area contributed by atoms with E-state index in [1.807, 2.05) is 18.2 Å². The summed E-state index contributed by atoms with van der Waals surface area (Å²) in [4.78, 5) is 4.38. The standard InChI is InChI=1S/C19H29N3O3.HI/c1-19(2)16(14-8-9-25-17(14)19)22-18(20-3)21-11-12-6-7-13(23-4)10-15(12)24-5;/h6-7,10,14,16-17H,8-9,11H2,1-5H3,(H2,20,21,22);1H. The molecule has 1 aliphatic carbocycles. The van der Waals surface area contributed by atoms with E-state index < -0.39 is 0 Å². The van der Waals surface area contributed by atoms with Crippen LogP contribution in [-0.4, -0.2) is 46.0 Å². The molecule has 1 saturated heterocycles. The van der Waals surface area contributed by atoms with Crippen LogP contribution in [0.3, 0.4) is 0 Å². The van der Waals surface area contributed by atoms with Gasteiger partial charge in [0.1, 0.15) is 11.5 Å². The molecule has 146 valence electrons. The highest BCUT2D eigenvalue weighted by molar-refractivity contribution is 14.0. The van der Waals surface area contributed by atoms with E-state index in [1.54, 1.807) is 21.3 Å². The van der Waals surface area contributed by atoms with Crippen LogP contribution in [0.2, 0.25) is 0 Å². The van der Waals surface area contributed by atoms with Crippen molar-refractivity contribution in [2.45, 2.75) is 39.0 Å². The maximum Gasteiger partial charge on any atom is 0.191 e. The number of rotatable bonds is 5. The predicted octanol–water partition coefficient (Wildman–Crippen LogP) is 2.80. The third kappa shape index (κ3) is 3.88. The first-order chi connectivity index (χ1) is 12.0. The first-order valence-electron chi connectivity index (χ1n) is 8.81. The number of benzene rings is 1. The Morgan fingerprint density at radius 1 is 1.31 bits per heavy atom. The summed E-state index contributed by atoms with van der Waals surface area (Å²) in [6.07, 6.45) is 1.49. The molecular formula is C19H30IN3O3. The summed E-state index contributed by atoms with van der Waals surface area (Å²) in [5.74, 6) is 2.97. The lowest BCUT2D eigenvalue weighted by atomic mass is 9.57. The van der Waals surface area contributed by atoms with Crippen LogP contribution in [0.25, 0.3) is 0 Å². The van der Waals surface area contributed by atoms with E-state index in [2.05, 4.69) is 29.5 Å². The van der Waals surface area contributed by atoms with Gasteiger partial charge in [-0.15, -0.1) is 24.0 Å². The Morgan fingerprint density at radius 2 is 2.08 bits per heavy atom. The van der Waals surface area contributed by atoms with E-state index >= 15 is 0 Å². The summed E-state index contributed by atoms with van der Waals surface area (Å²) >= 11 is 0. The minimum absolute atomic E-state index is 0. The molecule has 3 rings (SSSR count). The average molecular weight is 475 g/mol. The van der Waals surface area contributed by atoms with Crippen LogP contribution in [0.1, 0.15) is 25.8 Å². The quantitative estimate of drug-likeness (QED) is 0.390. The van der Waals surface area contributed by atoms with Crippen molar-refractivity contribution in [1.82, 2.24) is 10.6 Å². The molecule has 6 nitrogen and oxygen atoms in total. The second-order valence-electron chi connectivity index (χ2n) is 7.29.